The second-order valence-corrected chi connectivity index (χ2v) is 3.73. The minimum absolute atomic E-state index is 0.235. The zero-order valence-electron chi connectivity index (χ0n) is 8.76. The van der Waals surface area contributed by atoms with Crippen LogP contribution in [0.1, 0.15) is 12.0 Å². The summed E-state index contributed by atoms with van der Waals surface area (Å²) in [7, 11) is 0. The topological polar surface area (TPSA) is 18.5 Å². The van der Waals surface area contributed by atoms with E-state index in [9.17, 15) is 0 Å². The Labute approximate surface area is 90.9 Å². The van der Waals surface area contributed by atoms with Crippen LogP contribution in [0.3, 0.4) is 0 Å². The predicted molar refractivity (Wildman–Crippen MR) is 62.5 cm³/mol. The maximum absolute atomic E-state index is 5.16. The summed E-state index contributed by atoms with van der Waals surface area (Å²) < 4.78 is 0. The third-order valence-corrected chi connectivity index (χ3v) is 2.47. The van der Waals surface area contributed by atoms with E-state index >= 15 is 0 Å². The zero-order valence-corrected chi connectivity index (χ0v) is 8.76. The molecule has 0 unspecified atom stereocenters. The van der Waals surface area contributed by atoms with Crippen molar-refractivity contribution < 1.29 is 9.69 Å². The van der Waals surface area contributed by atoms with Gasteiger partial charge in [0.1, 0.15) is 0 Å². The van der Waals surface area contributed by atoms with Gasteiger partial charge in [-0.3, -0.25) is 4.89 Å². The highest BCUT2D eigenvalue weighted by atomic mass is 17.2. The van der Waals surface area contributed by atoms with E-state index in [-0.39, 0.29) is 6.92 Å². The van der Waals surface area contributed by atoms with E-state index in [4.69, 9.17) is 9.69 Å². The third-order valence-electron chi connectivity index (χ3n) is 2.47. The molecule has 1 aliphatic heterocycles. The molecule has 1 aliphatic rings. The van der Waals surface area contributed by atoms with Crippen LogP contribution in [0.4, 0.5) is 0 Å². The Morgan fingerprint density at radius 1 is 1.27 bits per heavy atom. The molecule has 2 nitrogen and oxygen atoms in total. The first-order chi connectivity index (χ1) is 7.45. The van der Waals surface area contributed by atoms with Gasteiger partial charge in [-0.25, -0.2) is 0 Å². The summed E-state index contributed by atoms with van der Waals surface area (Å²) in [6, 6.07) is 10.3. The number of hydrogen-bond donors (Lipinski definition) is 0. The first kappa shape index (κ1) is 10.5. The Hall–Kier alpha value is -1.06. The largest absolute Gasteiger partial charge is 0.344 e. The van der Waals surface area contributed by atoms with Gasteiger partial charge in [-0.05, 0) is 24.6 Å². The maximum Gasteiger partial charge on any atom is 0.344 e. The molecule has 1 heterocycles. The summed E-state index contributed by atoms with van der Waals surface area (Å²) in [5.41, 5.74) is 1.23. The van der Waals surface area contributed by atoms with Crippen molar-refractivity contribution in [3.63, 3.8) is 0 Å². The molecule has 78 valence electrons. The zero-order chi connectivity index (χ0) is 10.3. The molecular formula is C12H15BO2. The average Bonchev–Trinajstić information content (AvgIpc) is 2.32. The van der Waals surface area contributed by atoms with Crippen LogP contribution in [0.15, 0.2) is 36.4 Å². The van der Waals surface area contributed by atoms with E-state index in [1.807, 2.05) is 18.2 Å². The molecule has 0 aromatic heterocycles. The van der Waals surface area contributed by atoms with Gasteiger partial charge in [-0.1, -0.05) is 42.5 Å². The van der Waals surface area contributed by atoms with E-state index in [0.29, 0.717) is 0 Å². The predicted octanol–water partition coefficient (Wildman–Crippen LogP) is 3.04. The summed E-state index contributed by atoms with van der Waals surface area (Å²) >= 11 is 0. The van der Waals surface area contributed by atoms with Crippen molar-refractivity contribution in [1.29, 1.82) is 0 Å². The second-order valence-electron chi connectivity index (χ2n) is 3.73. The highest BCUT2D eigenvalue weighted by Gasteiger charge is 2.19. The monoisotopic (exact) mass is 202 g/mol. The lowest BCUT2D eigenvalue weighted by Crippen LogP contribution is -2.23. The standard InChI is InChI=1S/C12H15BO2/c1-2-6-12(7-3-1)8-4-9-13-10-5-11-14-15-13/h1-4,6-8H,5,9-11H2. The Morgan fingerprint density at radius 2 is 2.13 bits per heavy atom. The number of hydrogen-bond acceptors (Lipinski definition) is 2. The molecule has 0 radical (unpaired) electrons. The van der Waals surface area contributed by atoms with Crippen molar-refractivity contribution in [1.82, 2.24) is 0 Å². The summed E-state index contributed by atoms with van der Waals surface area (Å²) in [4.78, 5) is 10.1. The molecule has 0 bridgehead atoms. The fraction of sp³-hybridized carbons (Fsp3) is 0.333. The minimum Gasteiger partial charge on any atom is -0.305 e. The quantitative estimate of drug-likeness (QED) is 0.553. The fourth-order valence-electron chi connectivity index (χ4n) is 1.64. The lowest BCUT2D eigenvalue weighted by Gasteiger charge is -2.16. The normalized spacial score (nSPS) is 17.2. The van der Waals surface area contributed by atoms with Gasteiger partial charge in [-0.15, -0.1) is 0 Å². The minimum atomic E-state index is 0.235. The molecule has 1 aromatic rings. The van der Waals surface area contributed by atoms with Crippen molar-refractivity contribution >= 4 is 13.0 Å². The lowest BCUT2D eigenvalue weighted by atomic mass is 9.60. The van der Waals surface area contributed by atoms with Crippen molar-refractivity contribution in [2.75, 3.05) is 6.61 Å². The van der Waals surface area contributed by atoms with Gasteiger partial charge < -0.3 is 4.81 Å². The Morgan fingerprint density at radius 3 is 2.87 bits per heavy atom. The van der Waals surface area contributed by atoms with Crippen molar-refractivity contribution in [3.05, 3.63) is 42.0 Å². The van der Waals surface area contributed by atoms with Gasteiger partial charge in [0, 0.05) is 0 Å². The molecule has 0 saturated carbocycles. The van der Waals surface area contributed by atoms with Crippen LogP contribution in [0, 0.1) is 0 Å². The summed E-state index contributed by atoms with van der Waals surface area (Å²) in [5, 5.41) is 0. The van der Waals surface area contributed by atoms with Gasteiger partial charge >= 0.3 is 6.92 Å². The molecule has 0 aliphatic carbocycles. The molecule has 0 atom stereocenters. The molecule has 0 N–H and O–H groups in total. The lowest BCUT2D eigenvalue weighted by molar-refractivity contribution is -0.222. The van der Waals surface area contributed by atoms with Crippen LogP contribution < -0.4 is 0 Å². The second kappa shape index (κ2) is 5.74. The maximum atomic E-state index is 5.16. The molecule has 1 aromatic carbocycles. The van der Waals surface area contributed by atoms with E-state index < -0.39 is 0 Å². The molecule has 1 saturated heterocycles. The highest BCUT2D eigenvalue weighted by Crippen LogP contribution is 2.13. The van der Waals surface area contributed by atoms with Crippen molar-refractivity contribution in [3.8, 4) is 0 Å². The van der Waals surface area contributed by atoms with Gasteiger partial charge in [0.15, 0.2) is 0 Å². The van der Waals surface area contributed by atoms with Crippen LogP contribution >= 0.6 is 0 Å². The third kappa shape index (κ3) is 3.53. The number of benzene rings is 1. The first-order valence-corrected chi connectivity index (χ1v) is 5.45. The summed E-state index contributed by atoms with van der Waals surface area (Å²) in [6.45, 7) is 0.970. The van der Waals surface area contributed by atoms with Crippen LogP contribution in [0.5, 0.6) is 0 Å². The van der Waals surface area contributed by atoms with Gasteiger partial charge in [0.25, 0.3) is 0 Å². The van der Waals surface area contributed by atoms with E-state index in [1.54, 1.807) is 0 Å². The van der Waals surface area contributed by atoms with Gasteiger partial charge in [-0.2, -0.15) is 0 Å². The van der Waals surface area contributed by atoms with E-state index in [0.717, 1.165) is 25.7 Å². The molecular weight excluding hydrogens is 187 g/mol. The van der Waals surface area contributed by atoms with Gasteiger partial charge in [0.05, 0.1) is 6.61 Å². The smallest absolute Gasteiger partial charge is 0.305 e. The highest BCUT2D eigenvalue weighted by molar-refractivity contribution is 6.52. The molecule has 0 amide bonds. The average molecular weight is 202 g/mol. The Kier molecular flexibility index (Phi) is 4.00. The molecule has 3 heteroatoms. The fourth-order valence-corrected chi connectivity index (χ4v) is 1.64. The van der Waals surface area contributed by atoms with Crippen molar-refractivity contribution in [2.45, 2.75) is 19.1 Å². The first-order valence-electron chi connectivity index (χ1n) is 5.45. The number of rotatable bonds is 3. The van der Waals surface area contributed by atoms with Crippen molar-refractivity contribution in [2.24, 2.45) is 0 Å². The van der Waals surface area contributed by atoms with Crippen LogP contribution in [0.25, 0.3) is 6.08 Å². The van der Waals surface area contributed by atoms with Gasteiger partial charge in [0.2, 0.25) is 0 Å². The van der Waals surface area contributed by atoms with Crippen LogP contribution in [-0.4, -0.2) is 13.5 Å². The Balaban J connectivity index is 1.79. The summed E-state index contributed by atoms with van der Waals surface area (Å²) in [6.07, 6.45) is 7.39. The molecule has 2 rings (SSSR count). The van der Waals surface area contributed by atoms with Crippen LogP contribution in [0.2, 0.25) is 12.6 Å². The SMILES string of the molecule is C(=Cc1ccccc1)CB1CCCOO1. The number of allylic oxidation sites excluding steroid dienone is 1. The molecule has 0 spiro atoms. The van der Waals surface area contributed by atoms with Crippen LogP contribution in [-0.2, 0) is 9.69 Å². The summed E-state index contributed by atoms with van der Waals surface area (Å²) in [5.74, 6) is 0. The molecule has 1 fully saturated rings. The van der Waals surface area contributed by atoms with E-state index in [2.05, 4.69) is 24.3 Å². The van der Waals surface area contributed by atoms with E-state index in [1.165, 1.54) is 5.56 Å². The molecule has 15 heavy (non-hydrogen) atoms. The Bertz CT molecular complexity index is 305.